The first-order valence-electron chi connectivity index (χ1n) is 9.01. The third kappa shape index (κ3) is 13.5. The van der Waals surface area contributed by atoms with Gasteiger partial charge in [-0.05, 0) is 78.1 Å². The predicted octanol–water partition coefficient (Wildman–Crippen LogP) is 4.45. The lowest BCUT2D eigenvalue weighted by atomic mass is 10.2. The molecule has 0 heterocycles. The van der Waals surface area contributed by atoms with Gasteiger partial charge in [0.15, 0.2) is 16.6 Å². The van der Waals surface area contributed by atoms with Crippen LogP contribution in [0, 0.1) is 0 Å². The molecule has 0 bridgehead atoms. The molecule has 23 heavy (non-hydrogen) atoms. The average Bonchev–Trinajstić information content (AvgIpc) is 2.29. The molecule has 0 aliphatic rings. The van der Waals surface area contributed by atoms with Gasteiger partial charge in [-0.1, -0.05) is 12.8 Å². The molecule has 0 aliphatic carbocycles. The van der Waals surface area contributed by atoms with Crippen LogP contribution in [0.4, 0.5) is 0 Å². The number of hydrogen-bond donors (Lipinski definition) is 2. The standard InChI is InChI=1S/C16H40O4Si3/c1-15(17)11-9-10-13-21(3,4)19-23(7,8)20-22(5,6)14-12-16(2)18/h15-18H,9-14H2,1-8H3. The van der Waals surface area contributed by atoms with Gasteiger partial charge in [-0.15, -0.1) is 0 Å². The van der Waals surface area contributed by atoms with E-state index in [0.29, 0.717) is 0 Å². The quantitative estimate of drug-likeness (QED) is 0.388. The van der Waals surface area contributed by atoms with Gasteiger partial charge in [0.05, 0.1) is 12.2 Å². The molecule has 0 aromatic heterocycles. The zero-order chi connectivity index (χ0) is 18.3. The fourth-order valence-electron chi connectivity index (χ4n) is 3.00. The Morgan fingerprint density at radius 3 is 1.57 bits per heavy atom. The molecule has 2 atom stereocenters. The van der Waals surface area contributed by atoms with E-state index in [1.165, 1.54) is 0 Å². The van der Waals surface area contributed by atoms with Gasteiger partial charge in [-0.25, -0.2) is 0 Å². The Balaban J connectivity index is 4.40. The second-order valence-corrected chi connectivity index (χ2v) is 21.1. The van der Waals surface area contributed by atoms with E-state index >= 15 is 0 Å². The van der Waals surface area contributed by atoms with Crippen LogP contribution in [-0.4, -0.2) is 47.6 Å². The average molecular weight is 381 g/mol. The zero-order valence-electron chi connectivity index (χ0n) is 16.6. The van der Waals surface area contributed by atoms with Gasteiger partial charge >= 0.3 is 8.56 Å². The number of unbranched alkanes of at least 4 members (excludes halogenated alkanes) is 1. The van der Waals surface area contributed by atoms with Crippen molar-refractivity contribution in [2.75, 3.05) is 0 Å². The summed E-state index contributed by atoms with van der Waals surface area (Å²) in [7, 11) is -5.65. The lowest BCUT2D eigenvalue weighted by Gasteiger charge is -2.39. The van der Waals surface area contributed by atoms with Gasteiger partial charge < -0.3 is 18.4 Å². The van der Waals surface area contributed by atoms with Gasteiger partial charge in [0.25, 0.3) is 0 Å². The molecular weight excluding hydrogens is 340 g/mol. The highest BCUT2D eigenvalue weighted by Gasteiger charge is 2.39. The molecule has 0 aromatic rings. The van der Waals surface area contributed by atoms with E-state index in [1.54, 1.807) is 0 Å². The van der Waals surface area contributed by atoms with Gasteiger partial charge in [-0.2, -0.15) is 0 Å². The van der Waals surface area contributed by atoms with E-state index in [2.05, 4.69) is 39.3 Å². The molecule has 0 radical (unpaired) electrons. The van der Waals surface area contributed by atoms with E-state index in [9.17, 15) is 10.2 Å². The van der Waals surface area contributed by atoms with Crippen molar-refractivity contribution in [2.45, 2.75) is 103 Å². The third-order valence-corrected chi connectivity index (χ3v) is 15.3. The Bertz CT molecular complexity index is 331. The van der Waals surface area contributed by atoms with Crippen molar-refractivity contribution in [1.82, 2.24) is 0 Å². The Hall–Kier alpha value is 0.491. The second kappa shape index (κ2) is 9.84. The molecule has 7 heteroatoms. The predicted molar refractivity (Wildman–Crippen MR) is 106 cm³/mol. The summed E-state index contributed by atoms with van der Waals surface area (Å²) in [6.45, 7) is 17.0. The van der Waals surface area contributed by atoms with Crippen molar-refractivity contribution in [3.05, 3.63) is 0 Å². The smallest absolute Gasteiger partial charge is 0.311 e. The van der Waals surface area contributed by atoms with Crippen molar-refractivity contribution < 1.29 is 18.4 Å². The second-order valence-electron chi connectivity index (χ2n) is 8.61. The molecule has 0 aliphatic heterocycles. The van der Waals surface area contributed by atoms with Crippen LogP contribution in [0.25, 0.3) is 0 Å². The molecule has 0 fully saturated rings. The summed E-state index contributed by atoms with van der Waals surface area (Å²) in [6, 6.07) is 2.09. The highest BCUT2D eigenvalue weighted by molar-refractivity contribution is 6.87. The van der Waals surface area contributed by atoms with Crippen LogP contribution < -0.4 is 0 Å². The summed E-state index contributed by atoms with van der Waals surface area (Å²) in [4.78, 5) is 0. The van der Waals surface area contributed by atoms with Gasteiger partial charge in [0.2, 0.25) is 0 Å². The topological polar surface area (TPSA) is 58.9 Å². The van der Waals surface area contributed by atoms with Crippen LogP contribution >= 0.6 is 0 Å². The molecule has 2 unspecified atom stereocenters. The maximum absolute atomic E-state index is 9.50. The largest absolute Gasteiger partial charge is 0.437 e. The Kier molecular flexibility index (Phi) is 10.0. The Labute approximate surface area is 147 Å². The highest BCUT2D eigenvalue weighted by atomic mass is 28.5. The lowest BCUT2D eigenvalue weighted by Crippen LogP contribution is -2.52. The third-order valence-electron chi connectivity index (χ3n) is 3.86. The maximum Gasteiger partial charge on any atom is 0.311 e. The van der Waals surface area contributed by atoms with E-state index in [0.717, 1.165) is 37.8 Å². The van der Waals surface area contributed by atoms with Crippen LogP contribution in [0.1, 0.15) is 39.5 Å². The number of aliphatic hydroxyl groups excluding tert-OH is 2. The Morgan fingerprint density at radius 2 is 1.13 bits per heavy atom. The number of hydrogen-bond acceptors (Lipinski definition) is 4. The molecule has 0 spiro atoms. The van der Waals surface area contributed by atoms with Crippen LogP contribution in [-0.2, 0) is 8.23 Å². The van der Waals surface area contributed by atoms with Gasteiger partial charge in [0.1, 0.15) is 0 Å². The SMILES string of the molecule is CC(O)CCCC[Si](C)(C)O[Si](C)(C)O[Si](C)(C)CCC(C)O. The molecule has 0 rings (SSSR count). The molecule has 140 valence electrons. The van der Waals surface area contributed by atoms with E-state index in [4.69, 9.17) is 8.23 Å². The van der Waals surface area contributed by atoms with Gasteiger partial charge in [0, 0.05) is 0 Å². The summed E-state index contributed by atoms with van der Waals surface area (Å²) >= 11 is 0. The van der Waals surface area contributed by atoms with Crippen LogP contribution in [0.15, 0.2) is 0 Å². The highest BCUT2D eigenvalue weighted by Crippen LogP contribution is 2.26. The normalized spacial score (nSPS) is 16.4. The first-order valence-corrected chi connectivity index (χ1v) is 18.1. The van der Waals surface area contributed by atoms with Crippen molar-refractivity contribution in [2.24, 2.45) is 0 Å². The van der Waals surface area contributed by atoms with Crippen molar-refractivity contribution in [1.29, 1.82) is 0 Å². The lowest BCUT2D eigenvalue weighted by molar-refractivity contribution is 0.181. The molecular formula is C16H40O4Si3. The van der Waals surface area contributed by atoms with Crippen LogP contribution in [0.5, 0.6) is 0 Å². The minimum absolute atomic E-state index is 0.199. The molecule has 0 saturated carbocycles. The molecule has 0 saturated heterocycles. The number of rotatable bonds is 12. The Morgan fingerprint density at radius 1 is 0.696 bits per heavy atom. The first kappa shape index (κ1) is 23.5. The fourth-order valence-corrected chi connectivity index (χ4v) is 17.2. The summed E-state index contributed by atoms with van der Waals surface area (Å²) in [5.41, 5.74) is 0. The van der Waals surface area contributed by atoms with Crippen LogP contribution in [0.2, 0.25) is 51.4 Å². The van der Waals surface area contributed by atoms with E-state index in [-0.39, 0.29) is 12.2 Å². The molecule has 0 amide bonds. The van der Waals surface area contributed by atoms with Crippen LogP contribution in [0.3, 0.4) is 0 Å². The maximum atomic E-state index is 9.50. The minimum atomic E-state index is -2.14. The molecule has 2 N–H and O–H groups in total. The minimum Gasteiger partial charge on any atom is -0.437 e. The summed E-state index contributed by atoms with van der Waals surface area (Å²) in [6.07, 6.45) is 3.42. The van der Waals surface area contributed by atoms with E-state index < -0.39 is 25.2 Å². The van der Waals surface area contributed by atoms with Crippen molar-refractivity contribution in [3.8, 4) is 0 Å². The molecule has 0 aromatic carbocycles. The van der Waals surface area contributed by atoms with Crippen molar-refractivity contribution >= 4 is 25.2 Å². The monoisotopic (exact) mass is 380 g/mol. The summed E-state index contributed by atoms with van der Waals surface area (Å²) < 4.78 is 13.0. The summed E-state index contributed by atoms with van der Waals surface area (Å²) in [5, 5.41) is 18.8. The van der Waals surface area contributed by atoms with E-state index in [1.807, 2.05) is 13.8 Å². The fraction of sp³-hybridized carbons (Fsp3) is 1.00. The first-order chi connectivity index (χ1) is 10.2. The van der Waals surface area contributed by atoms with Gasteiger partial charge in [-0.3, -0.25) is 0 Å². The summed E-state index contributed by atoms with van der Waals surface area (Å²) in [5.74, 6) is 0. The number of aliphatic hydroxyl groups is 2. The van der Waals surface area contributed by atoms with Crippen molar-refractivity contribution in [3.63, 3.8) is 0 Å². The zero-order valence-corrected chi connectivity index (χ0v) is 19.6. The molecule has 4 nitrogen and oxygen atoms in total.